The van der Waals surface area contributed by atoms with Gasteiger partial charge in [0, 0.05) is 12.3 Å². The number of hydrogen-bond donors (Lipinski definition) is 1. The van der Waals surface area contributed by atoms with E-state index in [1.807, 2.05) is 6.07 Å². The molecule has 3 aromatic carbocycles. The fourth-order valence-electron chi connectivity index (χ4n) is 2.74. The first kappa shape index (κ1) is 13.4. The second kappa shape index (κ2) is 5.85. The van der Waals surface area contributed by atoms with Crippen LogP contribution in [0.3, 0.4) is 0 Å². The number of rotatable bonds is 2. The number of hydrogen-bond acceptors (Lipinski definition) is 3. The van der Waals surface area contributed by atoms with E-state index in [-0.39, 0.29) is 0 Å². The van der Waals surface area contributed by atoms with Crippen molar-refractivity contribution in [2.45, 2.75) is 12.3 Å². The lowest BCUT2D eigenvalue weighted by Gasteiger charge is -2.17. The maximum absolute atomic E-state index is 4.71. The molecule has 4 rings (SSSR count). The number of fused-ring (bicyclic) bond motifs is 2. The number of thioether (sulfide) groups is 1. The third kappa shape index (κ3) is 2.60. The van der Waals surface area contributed by atoms with Crippen molar-refractivity contribution in [3.8, 4) is 0 Å². The number of aliphatic imine (C=N–C) groups is 1. The molecule has 0 saturated carbocycles. The highest BCUT2D eigenvalue weighted by atomic mass is 32.2. The Balaban J connectivity index is 1.57. The quantitative estimate of drug-likeness (QED) is 0.731. The van der Waals surface area contributed by atoms with Gasteiger partial charge in [0.25, 0.3) is 0 Å². The van der Waals surface area contributed by atoms with Crippen molar-refractivity contribution in [3.63, 3.8) is 0 Å². The van der Waals surface area contributed by atoms with Crippen LogP contribution in [0.15, 0.2) is 71.7 Å². The summed E-state index contributed by atoms with van der Waals surface area (Å²) in [6.07, 6.45) is 0. The van der Waals surface area contributed by atoms with Gasteiger partial charge in [0.1, 0.15) is 0 Å². The second-order valence-electron chi connectivity index (χ2n) is 5.33. The third-order valence-electron chi connectivity index (χ3n) is 3.89. The van der Waals surface area contributed by atoms with E-state index in [4.69, 9.17) is 4.99 Å². The van der Waals surface area contributed by atoms with Crippen LogP contribution in [0.4, 0.5) is 5.69 Å². The molecule has 0 bridgehead atoms. The highest BCUT2D eigenvalue weighted by molar-refractivity contribution is 8.13. The summed E-state index contributed by atoms with van der Waals surface area (Å²) in [5.74, 6) is 0.926. The molecule has 0 atom stereocenters. The highest BCUT2D eigenvalue weighted by Gasteiger charge is 2.11. The summed E-state index contributed by atoms with van der Waals surface area (Å²) in [7, 11) is 0. The van der Waals surface area contributed by atoms with Crippen molar-refractivity contribution in [3.05, 3.63) is 77.9 Å². The fraction of sp³-hybridized carbons (Fsp3) is 0.105. The van der Waals surface area contributed by atoms with Gasteiger partial charge in [-0.1, -0.05) is 72.4 Å². The summed E-state index contributed by atoms with van der Waals surface area (Å²) in [5, 5.41) is 7.04. The molecular formula is C19H16N2S. The Morgan fingerprint density at radius 2 is 1.73 bits per heavy atom. The third-order valence-corrected chi connectivity index (χ3v) is 4.85. The second-order valence-corrected chi connectivity index (χ2v) is 6.29. The zero-order valence-electron chi connectivity index (χ0n) is 12.1. The van der Waals surface area contributed by atoms with E-state index in [0.29, 0.717) is 0 Å². The molecule has 1 aliphatic rings. The Hall–Kier alpha value is -2.26. The van der Waals surface area contributed by atoms with E-state index in [9.17, 15) is 0 Å². The molecule has 0 aromatic heterocycles. The Labute approximate surface area is 134 Å². The lowest BCUT2D eigenvalue weighted by molar-refractivity contribution is 0.907. The molecule has 1 aliphatic heterocycles. The van der Waals surface area contributed by atoms with Crippen LogP contribution in [0.2, 0.25) is 0 Å². The molecule has 108 valence electrons. The topological polar surface area (TPSA) is 24.4 Å². The van der Waals surface area contributed by atoms with Gasteiger partial charge in [-0.15, -0.1) is 0 Å². The maximum atomic E-state index is 4.71. The van der Waals surface area contributed by atoms with Gasteiger partial charge in [-0.05, 0) is 28.0 Å². The van der Waals surface area contributed by atoms with E-state index >= 15 is 0 Å². The Kier molecular flexibility index (Phi) is 3.57. The van der Waals surface area contributed by atoms with Gasteiger partial charge in [0.15, 0.2) is 5.17 Å². The summed E-state index contributed by atoms with van der Waals surface area (Å²) in [4.78, 5) is 4.71. The summed E-state index contributed by atoms with van der Waals surface area (Å²) < 4.78 is 0. The first-order chi connectivity index (χ1) is 10.9. The summed E-state index contributed by atoms with van der Waals surface area (Å²) in [6, 6.07) is 23.3. The molecule has 0 unspecified atom stereocenters. The largest absolute Gasteiger partial charge is 0.360 e. The predicted molar refractivity (Wildman–Crippen MR) is 95.6 cm³/mol. The normalized spacial score (nSPS) is 13.4. The van der Waals surface area contributed by atoms with Crippen molar-refractivity contribution >= 4 is 33.4 Å². The van der Waals surface area contributed by atoms with Gasteiger partial charge in [0.2, 0.25) is 0 Å². The van der Waals surface area contributed by atoms with Crippen molar-refractivity contribution in [2.75, 3.05) is 0 Å². The van der Waals surface area contributed by atoms with Gasteiger partial charge in [-0.3, -0.25) is 0 Å². The molecule has 0 radical (unpaired) electrons. The molecule has 3 aromatic rings. The molecule has 0 spiro atoms. The Bertz CT molecular complexity index is 849. The zero-order chi connectivity index (χ0) is 14.8. The molecule has 0 aliphatic carbocycles. The van der Waals surface area contributed by atoms with E-state index in [1.165, 1.54) is 21.9 Å². The van der Waals surface area contributed by atoms with E-state index in [1.54, 1.807) is 11.8 Å². The van der Waals surface area contributed by atoms with Crippen LogP contribution in [-0.4, -0.2) is 5.17 Å². The maximum Gasteiger partial charge on any atom is 0.162 e. The van der Waals surface area contributed by atoms with Gasteiger partial charge in [0.05, 0.1) is 5.69 Å². The van der Waals surface area contributed by atoms with Crippen LogP contribution in [0.5, 0.6) is 0 Å². The molecule has 1 heterocycles. The summed E-state index contributed by atoms with van der Waals surface area (Å²) in [6.45, 7) is 0.859. The Morgan fingerprint density at radius 1 is 0.909 bits per heavy atom. The van der Waals surface area contributed by atoms with E-state index in [2.05, 4.69) is 66.0 Å². The van der Waals surface area contributed by atoms with E-state index in [0.717, 1.165) is 23.2 Å². The zero-order valence-corrected chi connectivity index (χ0v) is 12.9. The van der Waals surface area contributed by atoms with E-state index < -0.39 is 0 Å². The van der Waals surface area contributed by atoms with Crippen molar-refractivity contribution in [2.24, 2.45) is 4.99 Å². The van der Waals surface area contributed by atoms with Crippen molar-refractivity contribution in [1.29, 1.82) is 0 Å². The number of nitrogens with one attached hydrogen (secondary N) is 1. The number of benzene rings is 3. The van der Waals surface area contributed by atoms with Gasteiger partial charge < -0.3 is 5.32 Å². The van der Waals surface area contributed by atoms with Crippen molar-refractivity contribution < 1.29 is 0 Å². The van der Waals surface area contributed by atoms with Gasteiger partial charge in [-0.25, -0.2) is 4.99 Å². The molecule has 2 nitrogen and oxygen atoms in total. The summed E-state index contributed by atoms with van der Waals surface area (Å²) in [5.41, 5.74) is 3.70. The minimum Gasteiger partial charge on any atom is -0.360 e. The molecule has 0 fully saturated rings. The standard InChI is InChI=1S/C19H16N2S/c1-3-10-17-14(6-1)8-5-9-16(17)13-22-19-20-12-15-7-2-4-11-18(15)21-19/h1-11H,12-13H2,(H,20,21). The van der Waals surface area contributed by atoms with Crippen LogP contribution in [0.1, 0.15) is 11.1 Å². The molecule has 0 amide bonds. The predicted octanol–water partition coefficient (Wildman–Crippen LogP) is 4.86. The minimum absolute atomic E-state index is 0.859. The first-order valence-electron chi connectivity index (χ1n) is 7.40. The smallest absolute Gasteiger partial charge is 0.162 e. The molecule has 22 heavy (non-hydrogen) atoms. The van der Waals surface area contributed by atoms with Crippen LogP contribution in [0, 0.1) is 0 Å². The minimum atomic E-state index is 0.859. The van der Waals surface area contributed by atoms with Crippen molar-refractivity contribution in [1.82, 2.24) is 5.32 Å². The molecule has 0 saturated heterocycles. The molecule has 1 N–H and O–H groups in total. The Morgan fingerprint density at radius 3 is 2.73 bits per heavy atom. The van der Waals surface area contributed by atoms with Crippen LogP contribution in [0.25, 0.3) is 10.8 Å². The van der Waals surface area contributed by atoms with Crippen LogP contribution < -0.4 is 5.32 Å². The highest BCUT2D eigenvalue weighted by Crippen LogP contribution is 2.27. The summed E-state index contributed by atoms with van der Waals surface area (Å²) >= 11 is 1.77. The molecule has 3 heteroatoms. The monoisotopic (exact) mass is 304 g/mol. The van der Waals surface area contributed by atoms with Gasteiger partial charge in [-0.2, -0.15) is 0 Å². The number of nitrogens with zero attached hydrogens (tertiary/aromatic N) is 1. The number of para-hydroxylation sites is 1. The molecular weight excluding hydrogens is 288 g/mol. The van der Waals surface area contributed by atoms with Crippen LogP contribution in [-0.2, 0) is 12.3 Å². The lowest BCUT2D eigenvalue weighted by atomic mass is 10.1. The average molecular weight is 304 g/mol. The average Bonchev–Trinajstić information content (AvgIpc) is 2.60. The van der Waals surface area contributed by atoms with Crippen LogP contribution >= 0.6 is 11.8 Å². The lowest BCUT2D eigenvalue weighted by Crippen LogP contribution is -2.23. The number of amidine groups is 1. The SMILES string of the molecule is c1ccc2c(c1)CNC(SCc1cccc3ccccc13)=N2. The fourth-order valence-corrected chi connectivity index (χ4v) is 3.62. The van der Waals surface area contributed by atoms with Gasteiger partial charge >= 0.3 is 0 Å². The first-order valence-corrected chi connectivity index (χ1v) is 8.38.